The van der Waals surface area contributed by atoms with Crippen LogP contribution in [0.15, 0.2) is 65.3 Å². The van der Waals surface area contributed by atoms with E-state index in [1.165, 1.54) is 6.42 Å². The van der Waals surface area contributed by atoms with Gasteiger partial charge in [-0.15, -0.1) is 11.3 Å². The molecule has 5 rings (SSSR count). The number of carbonyl (C=O) groups is 1. The lowest BCUT2D eigenvalue weighted by atomic mass is 9.72. The molecule has 5 nitrogen and oxygen atoms in total. The van der Waals surface area contributed by atoms with Gasteiger partial charge in [-0.05, 0) is 37.1 Å². The molecule has 158 valence electrons. The number of rotatable bonds is 6. The summed E-state index contributed by atoms with van der Waals surface area (Å²) in [7, 11) is 0. The molecule has 2 heterocycles. The first-order valence-corrected chi connectivity index (χ1v) is 11.6. The van der Waals surface area contributed by atoms with Crippen LogP contribution in [0.4, 0.5) is 0 Å². The van der Waals surface area contributed by atoms with E-state index in [0.717, 1.165) is 46.5 Å². The maximum absolute atomic E-state index is 13.3. The van der Waals surface area contributed by atoms with E-state index < -0.39 is 5.41 Å². The summed E-state index contributed by atoms with van der Waals surface area (Å²) in [6, 6.07) is 17.8. The predicted octanol–water partition coefficient (Wildman–Crippen LogP) is 6.19. The highest BCUT2D eigenvalue weighted by Gasteiger charge is 2.42. The summed E-state index contributed by atoms with van der Waals surface area (Å²) < 4.78 is 12.5. The monoisotopic (exact) mass is 432 g/mol. The highest BCUT2D eigenvalue weighted by molar-refractivity contribution is 7.18. The topological polar surface area (TPSA) is 65.2 Å². The van der Waals surface area contributed by atoms with Crippen LogP contribution >= 0.6 is 11.3 Å². The van der Waals surface area contributed by atoms with E-state index in [1.54, 1.807) is 17.6 Å². The number of thiazole rings is 1. The fraction of sp³-hybridized carbons (Fsp3) is 0.320. The van der Waals surface area contributed by atoms with Gasteiger partial charge in [0, 0.05) is 12.0 Å². The molecule has 0 radical (unpaired) electrons. The molecule has 2 aromatic carbocycles. The third-order valence-electron chi connectivity index (χ3n) is 6.00. The number of fused-ring (bicyclic) bond motifs is 1. The molecule has 1 fully saturated rings. The van der Waals surface area contributed by atoms with E-state index in [0.29, 0.717) is 18.0 Å². The lowest BCUT2D eigenvalue weighted by Gasteiger charge is -2.34. The molecule has 0 amide bonds. The smallest absolute Gasteiger partial charge is 0.312 e. The fourth-order valence-corrected chi connectivity index (χ4v) is 5.46. The number of ether oxygens (including phenoxy) is 1. The predicted molar refractivity (Wildman–Crippen MR) is 121 cm³/mol. The minimum Gasteiger partial charge on any atom is -0.459 e. The number of esters is 1. The largest absolute Gasteiger partial charge is 0.459 e. The number of nitrogens with zero attached hydrogens (tertiary/aromatic N) is 2. The van der Waals surface area contributed by atoms with Crippen molar-refractivity contribution in [1.82, 2.24) is 9.97 Å². The van der Waals surface area contributed by atoms with Crippen LogP contribution in [0.2, 0.25) is 0 Å². The Bertz CT molecular complexity index is 1140. The molecule has 0 spiro atoms. The highest BCUT2D eigenvalue weighted by Crippen LogP contribution is 2.42. The van der Waals surface area contributed by atoms with Crippen molar-refractivity contribution in [3.63, 3.8) is 0 Å². The summed E-state index contributed by atoms with van der Waals surface area (Å²) in [4.78, 5) is 22.5. The van der Waals surface area contributed by atoms with Crippen LogP contribution in [-0.2, 0) is 22.6 Å². The van der Waals surface area contributed by atoms with Gasteiger partial charge in [0.1, 0.15) is 18.6 Å². The molecule has 1 aliphatic rings. The van der Waals surface area contributed by atoms with Crippen LogP contribution in [0.1, 0.15) is 42.8 Å². The molecule has 1 aliphatic carbocycles. The van der Waals surface area contributed by atoms with Crippen molar-refractivity contribution >= 4 is 27.5 Å². The summed E-state index contributed by atoms with van der Waals surface area (Å²) in [5.74, 6) is 0.393. The molecule has 0 saturated heterocycles. The van der Waals surface area contributed by atoms with Crippen LogP contribution in [-0.4, -0.2) is 15.9 Å². The van der Waals surface area contributed by atoms with E-state index in [9.17, 15) is 4.79 Å². The molecule has 0 N–H and O–H groups in total. The molecular formula is C25H24N2O3S. The van der Waals surface area contributed by atoms with Crippen molar-refractivity contribution in [1.29, 1.82) is 0 Å². The molecular weight excluding hydrogens is 408 g/mol. The van der Waals surface area contributed by atoms with Gasteiger partial charge in [0.2, 0.25) is 5.89 Å². The lowest BCUT2D eigenvalue weighted by Crippen LogP contribution is -2.37. The first-order chi connectivity index (χ1) is 15.2. The van der Waals surface area contributed by atoms with E-state index >= 15 is 0 Å². The summed E-state index contributed by atoms with van der Waals surface area (Å²) in [5.41, 5.74) is 2.02. The zero-order valence-corrected chi connectivity index (χ0v) is 18.1. The van der Waals surface area contributed by atoms with Gasteiger partial charge in [0.05, 0.1) is 20.6 Å². The van der Waals surface area contributed by atoms with Crippen LogP contribution in [0.3, 0.4) is 0 Å². The van der Waals surface area contributed by atoms with Gasteiger partial charge in [0.25, 0.3) is 0 Å². The van der Waals surface area contributed by atoms with Crippen molar-refractivity contribution < 1.29 is 13.9 Å². The Morgan fingerprint density at radius 1 is 1.00 bits per heavy atom. The first kappa shape index (κ1) is 19.9. The van der Waals surface area contributed by atoms with Crippen LogP contribution in [0, 0.1) is 5.41 Å². The van der Waals surface area contributed by atoms with Crippen molar-refractivity contribution in [3.05, 3.63) is 71.6 Å². The quantitative estimate of drug-likeness (QED) is 0.340. The number of oxazole rings is 1. The Balaban J connectivity index is 1.30. The SMILES string of the molecule is O=C(OCc1coc(-c2ccccc2)n1)C1(Cc2nc3ccccc3s2)CCCCC1. The zero-order valence-electron chi connectivity index (χ0n) is 17.3. The molecule has 6 heteroatoms. The Morgan fingerprint density at radius 3 is 2.58 bits per heavy atom. The van der Waals surface area contributed by atoms with Gasteiger partial charge in [-0.2, -0.15) is 0 Å². The van der Waals surface area contributed by atoms with Crippen LogP contribution in [0.5, 0.6) is 0 Å². The molecule has 0 aliphatic heterocycles. The highest BCUT2D eigenvalue weighted by atomic mass is 32.1. The Labute approximate surface area is 185 Å². The Kier molecular flexibility index (Phi) is 5.55. The van der Waals surface area contributed by atoms with Crippen LogP contribution < -0.4 is 0 Å². The number of aromatic nitrogens is 2. The lowest BCUT2D eigenvalue weighted by molar-refractivity contribution is -0.159. The van der Waals surface area contributed by atoms with Gasteiger partial charge in [0.15, 0.2) is 0 Å². The van der Waals surface area contributed by atoms with Crippen molar-refractivity contribution in [2.75, 3.05) is 0 Å². The van der Waals surface area contributed by atoms with Crippen LogP contribution in [0.25, 0.3) is 21.7 Å². The number of carbonyl (C=O) groups excluding carboxylic acids is 1. The minimum atomic E-state index is -0.502. The minimum absolute atomic E-state index is 0.122. The number of hydrogen-bond acceptors (Lipinski definition) is 6. The van der Waals surface area contributed by atoms with Gasteiger partial charge in [-0.3, -0.25) is 4.79 Å². The molecule has 1 saturated carbocycles. The van der Waals surface area contributed by atoms with Crippen molar-refractivity contribution in [2.24, 2.45) is 5.41 Å². The normalized spacial score (nSPS) is 15.7. The van der Waals surface area contributed by atoms with Gasteiger partial charge in [-0.1, -0.05) is 49.6 Å². The zero-order chi connectivity index (χ0) is 21.1. The van der Waals surface area contributed by atoms with Gasteiger partial charge >= 0.3 is 5.97 Å². The third kappa shape index (κ3) is 4.26. The summed E-state index contributed by atoms with van der Waals surface area (Å²) in [5, 5.41) is 1.01. The van der Waals surface area contributed by atoms with E-state index in [-0.39, 0.29) is 12.6 Å². The van der Waals surface area contributed by atoms with Crippen molar-refractivity contribution in [3.8, 4) is 11.5 Å². The standard InChI is InChI=1S/C25H24N2O3S/c28-24(30-17-19-16-29-23(26-19)18-9-3-1-4-10-18)25(13-7-2-8-14-25)15-22-27-20-11-5-6-12-21(20)31-22/h1,3-6,9-12,16H,2,7-8,13-15,17H2. The fourth-order valence-electron chi connectivity index (χ4n) is 4.35. The summed E-state index contributed by atoms with van der Waals surface area (Å²) in [6.45, 7) is 0.122. The number of hydrogen-bond donors (Lipinski definition) is 0. The third-order valence-corrected chi connectivity index (χ3v) is 7.03. The Morgan fingerprint density at radius 2 is 1.77 bits per heavy atom. The van der Waals surface area contributed by atoms with Crippen molar-refractivity contribution in [2.45, 2.75) is 45.1 Å². The second kappa shape index (κ2) is 8.63. The van der Waals surface area contributed by atoms with Gasteiger partial charge < -0.3 is 9.15 Å². The summed E-state index contributed by atoms with van der Waals surface area (Å²) in [6.07, 6.45) is 7.14. The second-order valence-electron chi connectivity index (χ2n) is 8.18. The number of benzene rings is 2. The van der Waals surface area contributed by atoms with E-state index in [1.807, 2.05) is 48.5 Å². The van der Waals surface area contributed by atoms with E-state index in [4.69, 9.17) is 14.1 Å². The molecule has 2 aromatic heterocycles. The van der Waals surface area contributed by atoms with E-state index in [2.05, 4.69) is 11.1 Å². The molecule has 0 bridgehead atoms. The second-order valence-corrected chi connectivity index (χ2v) is 9.29. The molecule has 31 heavy (non-hydrogen) atoms. The maximum Gasteiger partial charge on any atom is 0.312 e. The molecule has 0 atom stereocenters. The average Bonchev–Trinajstić information content (AvgIpc) is 3.45. The van der Waals surface area contributed by atoms with Gasteiger partial charge in [-0.25, -0.2) is 9.97 Å². The maximum atomic E-state index is 13.3. The summed E-state index contributed by atoms with van der Waals surface area (Å²) >= 11 is 1.68. The Hall–Kier alpha value is -2.99. The first-order valence-electron chi connectivity index (χ1n) is 10.7. The molecule has 0 unspecified atom stereocenters. The molecule has 4 aromatic rings. The average molecular weight is 433 g/mol. The number of para-hydroxylation sites is 1.